The predicted octanol–water partition coefficient (Wildman–Crippen LogP) is 1.71. The number of aliphatic hydroxyl groups is 1. The number of amides is 1. The molecule has 2 N–H and O–H groups in total. The van der Waals surface area contributed by atoms with Crippen molar-refractivity contribution in [3.8, 4) is 0 Å². The largest absolute Gasteiger partial charge is 0.391 e. The number of nitrogens with one attached hydrogen (secondary N) is 1. The molecule has 6 nitrogen and oxygen atoms in total. The maximum atomic E-state index is 12.8. The Morgan fingerprint density at radius 3 is 2.44 bits per heavy atom. The Bertz CT molecular complexity index is 710. The summed E-state index contributed by atoms with van der Waals surface area (Å²) in [6.07, 6.45) is 3.85. The van der Waals surface area contributed by atoms with Gasteiger partial charge in [0.25, 0.3) is 11.5 Å². The molecule has 2 atom stereocenters. The first-order valence-electron chi connectivity index (χ1n) is 9.00. The number of H-pyrrole nitrogens is 1. The molecule has 1 aromatic rings. The molecule has 1 aliphatic carbocycles. The fourth-order valence-electron chi connectivity index (χ4n) is 4.04. The zero-order chi connectivity index (χ0) is 18.1. The van der Waals surface area contributed by atoms with Gasteiger partial charge in [-0.05, 0) is 32.3 Å². The maximum Gasteiger partial charge on any atom is 0.261 e. The van der Waals surface area contributed by atoms with Gasteiger partial charge >= 0.3 is 0 Å². The predicted molar refractivity (Wildman–Crippen MR) is 97.3 cm³/mol. The zero-order valence-corrected chi connectivity index (χ0v) is 15.6. The Morgan fingerprint density at radius 1 is 1.16 bits per heavy atom. The van der Waals surface area contributed by atoms with E-state index in [4.69, 9.17) is 11.6 Å². The Morgan fingerprint density at radius 2 is 1.80 bits per heavy atom. The third-order valence-corrected chi connectivity index (χ3v) is 6.11. The SMILES string of the molecule is Cc1[nH]c(=O)c(C(=O)N2CCN([C@H]3CCCC[C@@H]3O)CC2)c(C)c1Cl. The number of aryl methyl sites for hydroxylation is 1. The van der Waals surface area contributed by atoms with Crippen molar-refractivity contribution in [1.29, 1.82) is 0 Å². The first kappa shape index (κ1) is 18.4. The normalized spacial score (nSPS) is 25.2. The van der Waals surface area contributed by atoms with Gasteiger partial charge < -0.3 is 15.0 Å². The van der Waals surface area contributed by atoms with E-state index in [0.717, 1.165) is 38.8 Å². The van der Waals surface area contributed by atoms with E-state index in [-0.39, 0.29) is 29.2 Å². The molecule has 0 spiro atoms. The number of aromatic amines is 1. The third kappa shape index (κ3) is 3.61. The van der Waals surface area contributed by atoms with Gasteiger partial charge in [0.15, 0.2) is 0 Å². The van der Waals surface area contributed by atoms with E-state index < -0.39 is 0 Å². The lowest BCUT2D eigenvalue weighted by molar-refractivity contribution is -0.00176. The summed E-state index contributed by atoms with van der Waals surface area (Å²) >= 11 is 6.20. The third-order valence-electron chi connectivity index (χ3n) is 5.54. The van der Waals surface area contributed by atoms with Crippen molar-refractivity contribution in [2.75, 3.05) is 26.2 Å². The summed E-state index contributed by atoms with van der Waals surface area (Å²) in [6, 6.07) is 0.199. The number of hydrogen-bond donors (Lipinski definition) is 2. The van der Waals surface area contributed by atoms with E-state index in [1.54, 1.807) is 18.7 Å². The minimum atomic E-state index is -0.380. The van der Waals surface area contributed by atoms with Crippen LogP contribution in [0.2, 0.25) is 5.02 Å². The van der Waals surface area contributed by atoms with Crippen molar-refractivity contribution >= 4 is 17.5 Å². The highest BCUT2D eigenvalue weighted by Crippen LogP contribution is 2.25. The van der Waals surface area contributed by atoms with E-state index in [9.17, 15) is 14.7 Å². The molecule has 1 aliphatic heterocycles. The van der Waals surface area contributed by atoms with Gasteiger partial charge in [-0.15, -0.1) is 0 Å². The van der Waals surface area contributed by atoms with E-state index in [2.05, 4.69) is 9.88 Å². The first-order valence-corrected chi connectivity index (χ1v) is 9.38. The van der Waals surface area contributed by atoms with Gasteiger partial charge in [-0.2, -0.15) is 0 Å². The second-order valence-electron chi connectivity index (χ2n) is 7.14. The lowest BCUT2D eigenvalue weighted by Gasteiger charge is -2.42. The molecule has 0 radical (unpaired) electrons. The molecule has 2 fully saturated rings. The average molecular weight is 368 g/mol. The topological polar surface area (TPSA) is 76.6 Å². The number of hydrogen-bond acceptors (Lipinski definition) is 4. The molecule has 0 bridgehead atoms. The van der Waals surface area contributed by atoms with Gasteiger partial charge in [0.1, 0.15) is 5.56 Å². The van der Waals surface area contributed by atoms with E-state index in [1.807, 2.05) is 0 Å². The summed E-state index contributed by atoms with van der Waals surface area (Å²) in [5.41, 5.74) is 0.881. The maximum absolute atomic E-state index is 12.8. The number of rotatable bonds is 2. The molecule has 3 rings (SSSR count). The first-order chi connectivity index (χ1) is 11.9. The van der Waals surface area contributed by atoms with Crippen molar-refractivity contribution in [1.82, 2.24) is 14.8 Å². The van der Waals surface area contributed by atoms with Gasteiger partial charge in [0.2, 0.25) is 0 Å². The number of piperazine rings is 1. The summed E-state index contributed by atoms with van der Waals surface area (Å²) in [4.78, 5) is 31.7. The summed E-state index contributed by atoms with van der Waals surface area (Å²) in [5.74, 6) is -0.260. The van der Waals surface area contributed by atoms with Crippen LogP contribution in [0.25, 0.3) is 0 Å². The molecule has 2 aliphatic rings. The van der Waals surface area contributed by atoms with Crippen LogP contribution in [0.1, 0.15) is 47.3 Å². The molecule has 1 amide bonds. The molecule has 1 saturated heterocycles. The lowest BCUT2D eigenvalue weighted by Crippen LogP contribution is -2.55. The van der Waals surface area contributed by atoms with Crippen LogP contribution in [0.15, 0.2) is 4.79 Å². The van der Waals surface area contributed by atoms with Crippen LogP contribution in [0.5, 0.6) is 0 Å². The fourth-order valence-corrected chi connectivity index (χ4v) is 4.18. The van der Waals surface area contributed by atoms with Gasteiger partial charge in [0.05, 0.1) is 11.1 Å². The highest BCUT2D eigenvalue weighted by molar-refractivity contribution is 6.32. The number of carbonyl (C=O) groups is 1. The Hall–Kier alpha value is -1.37. The molecule has 25 heavy (non-hydrogen) atoms. The molecule has 7 heteroatoms. The number of carbonyl (C=O) groups excluding carboxylic acids is 1. The van der Waals surface area contributed by atoms with Crippen LogP contribution in [0.3, 0.4) is 0 Å². The molecular formula is C18H26ClN3O3. The zero-order valence-electron chi connectivity index (χ0n) is 14.8. The number of pyridine rings is 1. The minimum Gasteiger partial charge on any atom is -0.391 e. The smallest absolute Gasteiger partial charge is 0.261 e. The Balaban J connectivity index is 1.70. The Kier molecular flexibility index (Phi) is 5.51. The summed E-state index contributed by atoms with van der Waals surface area (Å²) in [6.45, 7) is 6.01. The average Bonchev–Trinajstić information content (AvgIpc) is 2.60. The second kappa shape index (κ2) is 7.48. The van der Waals surface area contributed by atoms with Crippen LogP contribution in [-0.2, 0) is 0 Å². The van der Waals surface area contributed by atoms with E-state index in [1.165, 1.54) is 0 Å². The van der Waals surface area contributed by atoms with Crippen molar-refractivity contribution in [2.24, 2.45) is 0 Å². The van der Waals surface area contributed by atoms with Crippen molar-refractivity contribution in [3.05, 3.63) is 32.2 Å². The standard InChI is InChI=1S/C18H26ClN3O3/c1-11-15(17(24)20-12(2)16(11)19)18(25)22-9-7-21(8-10-22)13-5-3-4-6-14(13)23/h13-14,23H,3-10H2,1-2H3,(H,20,24)/t13-,14-/m0/s1. The Labute approximate surface area is 152 Å². The molecule has 2 heterocycles. The van der Waals surface area contributed by atoms with Gasteiger partial charge in [-0.1, -0.05) is 24.4 Å². The number of nitrogens with zero attached hydrogens (tertiary/aromatic N) is 2. The van der Waals surface area contributed by atoms with Gasteiger partial charge in [-0.3, -0.25) is 14.5 Å². The molecular weight excluding hydrogens is 342 g/mol. The highest BCUT2D eigenvalue weighted by Gasteiger charge is 2.33. The summed E-state index contributed by atoms with van der Waals surface area (Å²) in [5, 5.41) is 10.7. The number of halogens is 1. The molecule has 138 valence electrons. The van der Waals surface area contributed by atoms with Crippen LogP contribution in [0.4, 0.5) is 0 Å². The molecule has 0 aromatic carbocycles. The van der Waals surface area contributed by atoms with Crippen LogP contribution < -0.4 is 5.56 Å². The van der Waals surface area contributed by atoms with Gasteiger partial charge in [0, 0.05) is 37.9 Å². The highest BCUT2D eigenvalue weighted by atomic mass is 35.5. The number of aromatic nitrogens is 1. The second-order valence-corrected chi connectivity index (χ2v) is 7.52. The molecule has 0 unspecified atom stereocenters. The quantitative estimate of drug-likeness (QED) is 0.834. The van der Waals surface area contributed by atoms with Crippen molar-refractivity contribution in [2.45, 2.75) is 51.7 Å². The van der Waals surface area contributed by atoms with Gasteiger partial charge in [-0.25, -0.2) is 0 Å². The molecule has 1 saturated carbocycles. The van der Waals surface area contributed by atoms with Crippen LogP contribution in [0, 0.1) is 13.8 Å². The minimum absolute atomic E-state index is 0.141. The summed E-state index contributed by atoms with van der Waals surface area (Å²) < 4.78 is 0. The van der Waals surface area contributed by atoms with Crippen LogP contribution in [-0.4, -0.2) is 64.1 Å². The molecule has 1 aromatic heterocycles. The van der Waals surface area contributed by atoms with Crippen LogP contribution >= 0.6 is 11.6 Å². The van der Waals surface area contributed by atoms with E-state index >= 15 is 0 Å². The number of aliphatic hydroxyl groups excluding tert-OH is 1. The lowest BCUT2D eigenvalue weighted by atomic mass is 9.91. The monoisotopic (exact) mass is 367 g/mol. The van der Waals surface area contributed by atoms with E-state index in [0.29, 0.717) is 29.4 Å². The van der Waals surface area contributed by atoms with Crippen molar-refractivity contribution < 1.29 is 9.90 Å². The fraction of sp³-hybridized carbons (Fsp3) is 0.667. The summed E-state index contributed by atoms with van der Waals surface area (Å²) in [7, 11) is 0. The van der Waals surface area contributed by atoms with Crippen molar-refractivity contribution in [3.63, 3.8) is 0 Å².